The fourth-order valence-corrected chi connectivity index (χ4v) is 4.58. The van der Waals surface area contributed by atoms with Gasteiger partial charge in [0, 0.05) is 5.92 Å². The van der Waals surface area contributed by atoms with E-state index in [0.29, 0.717) is 0 Å². The second-order valence-corrected chi connectivity index (χ2v) is 8.23. The molecule has 0 heterocycles. The third kappa shape index (κ3) is 4.17. The summed E-state index contributed by atoms with van der Waals surface area (Å²) < 4.78 is 5.49. The zero-order chi connectivity index (χ0) is 22.8. The summed E-state index contributed by atoms with van der Waals surface area (Å²) in [6.07, 6.45) is -0.663. The molecule has 0 unspecified atom stereocenters. The minimum Gasteiger partial charge on any atom is -0.548 e. The van der Waals surface area contributed by atoms with E-state index in [9.17, 15) is 14.7 Å². The summed E-state index contributed by atoms with van der Waals surface area (Å²) >= 11 is 0. The van der Waals surface area contributed by atoms with Crippen LogP contribution in [-0.2, 0) is 16.0 Å². The molecule has 0 aliphatic heterocycles. The van der Waals surface area contributed by atoms with Gasteiger partial charge in [-0.2, -0.15) is 0 Å². The molecule has 1 aliphatic rings. The number of alkyl carbamates (subject to hydrolysis) is 1. The van der Waals surface area contributed by atoms with Gasteiger partial charge in [-0.3, -0.25) is 0 Å². The van der Waals surface area contributed by atoms with Gasteiger partial charge in [-0.1, -0.05) is 91.0 Å². The lowest BCUT2D eigenvalue weighted by molar-refractivity contribution is -0.308. The number of hydrogen-bond acceptors (Lipinski definition) is 4. The molecule has 0 aromatic heterocycles. The Morgan fingerprint density at radius 3 is 2.09 bits per heavy atom. The summed E-state index contributed by atoms with van der Waals surface area (Å²) in [5.74, 6) is -1.44. The third-order valence-electron chi connectivity index (χ3n) is 6.17. The average molecular weight is 436 g/mol. The smallest absolute Gasteiger partial charge is 0.407 e. The van der Waals surface area contributed by atoms with Crippen LogP contribution in [-0.4, -0.2) is 24.7 Å². The molecule has 5 nitrogen and oxygen atoms in total. The molecule has 0 bridgehead atoms. The van der Waals surface area contributed by atoms with Gasteiger partial charge in [-0.15, -0.1) is 0 Å². The van der Waals surface area contributed by atoms with Crippen molar-refractivity contribution in [1.29, 1.82) is 0 Å². The molecule has 0 saturated heterocycles. The van der Waals surface area contributed by atoms with Crippen LogP contribution in [0.25, 0.3) is 21.9 Å². The van der Waals surface area contributed by atoms with Gasteiger partial charge in [0.2, 0.25) is 0 Å². The number of carboxylic acid groups (broad SMARTS) is 1. The predicted molar refractivity (Wildman–Crippen MR) is 125 cm³/mol. The number of carboxylic acids is 1. The molecule has 5 heteroatoms. The molecular weight excluding hydrogens is 414 g/mol. The number of carbonyl (C=O) groups excluding carboxylic acids is 2. The van der Waals surface area contributed by atoms with Crippen LogP contribution < -0.4 is 10.4 Å². The van der Waals surface area contributed by atoms with Gasteiger partial charge in [0.15, 0.2) is 0 Å². The molecule has 1 N–H and O–H groups in total. The fourth-order valence-electron chi connectivity index (χ4n) is 4.58. The van der Waals surface area contributed by atoms with Gasteiger partial charge in [-0.05, 0) is 45.0 Å². The minimum absolute atomic E-state index is 0.0926. The molecule has 4 aromatic carbocycles. The normalized spacial score (nSPS) is 13.2. The molecule has 1 aliphatic carbocycles. The van der Waals surface area contributed by atoms with Crippen molar-refractivity contribution in [2.24, 2.45) is 0 Å². The Morgan fingerprint density at radius 1 is 0.818 bits per heavy atom. The second kappa shape index (κ2) is 8.79. The Labute approximate surface area is 191 Å². The Balaban J connectivity index is 1.27. The van der Waals surface area contributed by atoms with E-state index in [-0.39, 0.29) is 18.9 Å². The van der Waals surface area contributed by atoms with Crippen molar-refractivity contribution < 1.29 is 19.4 Å². The van der Waals surface area contributed by atoms with Crippen LogP contribution in [0.1, 0.15) is 22.6 Å². The number of benzene rings is 4. The molecule has 0 radical (unpaired) electrons. The molecule has 33 heavy (non-hydrogen) atoms. The Bertz CT molecular complexity index is 1300. The molecule has 1 atom stereocenters. The van der Waals surface area contributed by atoms with Gasteiger partial charge in [0.1, 0.15) is 6.61 Å². The standard InChI is InChI=1S/C28H23NO4/c30-27(31)26(16-18-13-14-19-7-1-2-8-20(19)15-18)29-28(32)33-17-25-23-11-5-3-9-21(23)22-10-4-6-12-24(22)25/h1-15,25-26H,16-17H2,(H,29,32)(H,30,31)/p-1/t26-/m0/s1. The third-order valence-corrected chi connectivity index (χ3v) is 6.17. The number of nitrogens with one attached hydrogen (secondary N) is 1. The van der Waals surface area contributed by atoms with Crippen molar-refractivity contribution >= 4 is 22.8 Å². The monoisotopic (exact) mass is 436 g/mol. The van der Waals surface area contributed by atoms with Crippen LogP contribution in [0.4, 0.5) is 4.79 Å². The van der Waals surface area contributed by atoms with Crippen molar-refractivity contribution in [3.05, 3.63) is 108 Å². The number of carbonyl (C=O) groups is 2. The van der Waals surface area contributed by atoms with Crippen molar-refractivity contribution in [2.45, 2.75) is 18.4 Å². The number of aliphatic carboxylic acids is 1. The number of rotatable bonds is 6. The molecule has 164 valence electrons. The van der Waals surface area contributed by atoms with E-state index < -0.39 is 18.1 Å². The minimum atomic E-state index is -1.35. The first kappa shape index (κ1) is 20.8. The van der Waals surface area contributed by atoms with Crippen molar-refractivity contribution in [3.63, 3.8) is 0 Å². The highest BCUT2D eigenvalue weighted by Crippen LogP contribution is 2.44. The summed E-state index contributed by atoms with van der Waals surface area (Å²) in [6, 6.07) is 28.4. The van der Waals surface area contributed by atoms with Crippen LogP contribution in [0.2, 0.25) is 0 Å². The summed E-state index contributed by atoms with van der Waals surface area (Å²) in [5.41, 5.74) is 5.25. The lowest BCUT2D eigenvalue weighted by atomic mass is 9.98. The van der Waals surface area contributed by atoms with Crippen molar-refractivity contribution in [2.75, 3.05) is 6.61 Å². The van der Waals surface area contributed by atoms with E-state index in [4.69, 9.17) is 4.74 Å². The summed E-state index contributed by atoms with van der Waals surface area (Å²) in [7, 11) is 0. The van der Waals surface area contributed by atoms with Crippen LogP contribution in [0.15, 0.2) is 91.0 Å². The maximum Gasteiger partial charge on any atom is 0.407 e. The predicted octanol–water partition coefficient (Wildman–Crippen LogP) is 4.04. The van der Waals surface area contributed by atoms with Gasteiger partial charge < -0.3 is 20.0 Å². The maximum atomic E-state index is 12.5. The summed E-state index contributed by atoms with van der Waals surface area (Å²) in [5, 5.41) is 16.2. The Morgan fingerprint density at radius 2 is 1.42 bits per heavy atom. The highest BCUT2D eigenvalue weighted by atomic mass is 16.5. The van der Waals surface area contributed by atoms with E-state index in [1.54, 1.807) is 0 Å². The van der Waals surface area contributed by atoms with Crippen molar-refractivity contribution in [1.82, 2.24) is 5.32 Å². The van der Waals surface area contributed by atoms with Crippen LogP contribution in [0.5, 0.6) is 0 Å². The summed E-state index contributed by atoms with van der Waals surface area (Å²) in [4.78, 5) is 24.2. The Kier molecular flexibility index (Phi) is 5.53. The number of amides is 1. The van der Waals surface area contributed by atoms with Crippen molar-refractivity contribution in [3.8, 4) is 11.1 Å². The lowest BCUT2D eigenvalue weighted by Gasteiger charge is -2.21. The molecule has 0 saturated carbocycles. The van der Waals surface area contributed by atoms with E-state index >= 15 is 0 Å². The van der Waals surface area contributed by atoms with E-state index in [0.717, 1.165) is 38.6 Å². The van der Waals surface area contributed by atoms with E-state index in [1.807, 2.05) is 78.9 Å². The van der Waals surface area contributed by atoms with E-state index in [2.05, 4.69) is 17.4 Å². The SMILES string of the molecule is O=C(N[C@@H](Cc1ccc2ccccc2c1)C(=O)[O-])OCC1c2ccccc2-c2ccccc21. The average Bonchev–Trinajstić information content (AvgIpc) is 3.16. The van der Waals surface area contributed by atoms with Crippen LogP contribution in [0, 0.1) is 0 Å². The molecule has 0 fully saturated rings. The highest BCUT2D eigenvalue weighted by molar-refractivity contribution is 5.84. The van der Waals surface area contributed by atoms with Crippen LogP contribution in [0.3, 0.4) is 0 Å². The second-order valence-electron chi connectivity index (χ2n) is 8.23. The lowest BCUT2D eigenvalue weighted by Crippen LogP contribution is -2.49. The van der Waals surface area contributed by atoms with Gasteiger partial charge in [-0.25, -0.2) is 4.79 Å². The van der Waals surface area contributed by atoms with Gasteiger partial charge in [0.05, 0.1) is 12.0 Å². The number of ether oxygens (including phenoxy) is 1. The molecule has 1 amide bonds. The topological polar surface area (TPSA) is 78.5 Å². The number of fused-ring (bicyclic) bond motifs is 4. The first-order valence-corrected chi connectivity index (χ1v) is 10.9. The van der Waals surface area contributed by atoms with E-state index in [1.165, 1.54) is 0 Å². The molecule has 4 aromatic rings. The zero-order valence-corrected chi connectivity index (χ0v) is 17.9. The molecular formula is C28H22NO4-. The quantitative estimate of drug-likeness (QED) is 0.495. The molecule has 5 rings (SSSR count). The zero-order valence-electron chi connectivity index (χ0n) is 17.9. The summed E-state index contributed by atoms with van der Waals surface area (Å²) in [6.45, 7) is 0.121. The maximum absolute atomic E-state index is 12.5. The van der Waals surface area contributed by atoms with Gasteiger partial charge in [0.25, 0.3) is 0 Å². The number of hydrogen-bond donors (Lipinski definition) is 1. The fraction of sp³-hybridized carbons (Fsp3) is 0.143. The molecule has 0 spiro atoms. The first-order chi connectivity index (χ1) is 16.1. The Hall–Kier alpha value is -4.12. The van der Waals surface area contributed by atoms with Gasteiger partial charge >= 0.3 is 6.09 Å². The highest BCUT2D eigenvalue weighted by Gasteiger charge is 2.29. The first-order valence-electron chi connectivity index (χ1n) is 10.9. The van der Waals surface area contributed by atoms with Crippen LogP contribution >= 0.6 is 0 Å². The largest absolute Gasteiger partial charge is 0.548 e.